The van der Waals surface area contributed by atoms with Crippen LogP contribution in [-0.2, 0) is 24.0 Å². The van der Waals surface area contributed by atoms with Crippen LogP contribution >= 0.6 is 12.6 Å². The van der Waals surface area contributed by atoms with Gasteiger partial charge in [0.15, 0.2) is 0 Å². The fraction of sp³-hybridized carbons (Fsp3) is 0.722. The summed E-state index contributed by atoms with van der Waals surface area (Å²) in [6.07, 6.45) is 1.02. The van der Waals surface area contributed by atoms with Crippen LogP contribution in [-0.4, -0.2) is 76.1 Å². The smallest absolute Gasteiger partial charge is 0.327 e. The van der Waals surface area contributed by atoms with Gasteiger partial charge in [0.2, 0.25) is 23.6 Å². The number of nitrogens with one attached hydrogen (secondary N) is 2. The molecule has 1 heterocycles. The Kier molecular flexibility index (Phi) is 10.1. The molecule has 0 aromatic rings. The molecule has 5 unspecified atom stereocenters. The van der Waals surface area contributed by atoms with Gasteiger partial charge in [0, 0.05) is 12.3 Å². The van der Waals surface area contributed by atoms with E-state index in [2.05, 4.69) is 23.3 Å². The third-order valence-corrected chi connectivity index (χ3v) is 5.58. The zero-order valence-electron chi connectivity index (χ0n) is 17.2. The molecular formula is C18H31N5O6S. The maximum Gasteiger partial charge on any atom is 0.327 e. The number of rotatable bonds is 11. The number of thiol groups is 1. The Morgan fingerprint density at radius 2 is 1.83 bits per heavy atom. The number of carboxylic acid groups (broad SMARTS) is 1. The van der Waals surface area contributed by atoms with Gasteiger partial charge in [-0.3, -0.25) is 19.2 Å². The molecule has 0 saturated carbocycles. The minimum Gasteiger partial charge on any atom is -0.480 e. The molecule has 0 aliphatic carbocycles. The van der Waals surface area contributed by atoms with Crippen LogP contribution in [0.4, 0.5) is 0 Å². The van der Waals surface area contributed by atoms with E-state index < -0.39 is 60.2 Å². The fourth-order valence-corrected chi connectivity index (χ4v) is 3.39. The van der Waals surface area contributed by atoms with E-state index in [1.165, 1.54) is 4.90 Å². The van der Waals surface area contributed by atoms with Crippen LogP contribution < -0.4 is 22.1 Å². The first kappa shape index (κ1) is 25.7. The van der Waals surface area contributed by atoms with Crippen LogP contribution in [0.5, 0.6) is 0 Å². The Bertz CT molecular complexity index is 675. The highest BCUT2D eigenvalue weighted by atomic mass is 32.1. The van der Waals surface area contributed by atoms with Crippen molar-refractivity contribution in [3.63, 3.8) is 0 Å². The number of carbonyl (C=O) groups excluding carboxylic acids is 4. The molecule has 0 aromatic heterocycles. The molecule has 0 bridgehead atoms. The summed E-state index contributed by atoms with van der Waals surface area (Å²) in [5.41, 5.74) is 11.1. The Hall–Kier alpha value is -2.34. The van der Waals surface area contributed by atoms with Crippen molar-refractivity contribution in [2.75, 3.05) is 12.3 Å². The van der Waals surface area contributed by atoms with Crippen molar-refractivity contribution >= 4 is 42.2 Å². The number of hydrogen-bond acceptors (Lipinski definition) is 7. The topological polar surface area (TPSA) is 185 Å². The maximum atomic E-state index is 13.0. The molecule has 1 fully saturated rings. The average molecular weight is 446 g/mol. The number of amides is 4. The van der Waals surface area contributed by atoms with Gasteiger partial charge in [-0.25, -0.2) is 4.79 Å². The van der Waals surface area contributed by atoms with Crippen molar-refractivity contribution in [2.24, 2.45) is 17.4 Å². The van der Waals surface area contributed by atoms with Gasteiger partial charge in [-0.05, 0) is 18.8 Å². The van der Waals surface area contributed by atoms with Crippen LogP contribution in [0.15, 0.2) is 0 Å². The lowest BCUT2D eigenvalue weighted by Crippen LogP contribution is -2.58. The van der Waals surface area contributed by atoms with E-state index in [1.807, 2.05) is 6.92 Å². The molecule has 1 aliphatic heterocycles. The fourth-order valence-electron chi connectivity index (χ4n) is 3.14. The summed E-state index contributed by atoms with van der Waals surface area (Å²) in [6, 6.07) is -4.26. The number of likely N-dealkylation sites (tertiary alicyclic amines) is 1. The molecular weight excluding hydrogens is 414 g/mol. The summed E-state index contributed by atoms with van der Waals surface area (Å²) in [6.45, 7) is 3.88. The molecule has 7 N–H and O–H groups in total. The number of hydrogen-bond donors (Lipinski definition) is 6. The highest BCUT2D eigenvalue weighted by Crippen LogP contribution is 2.20. The van der Waals surface area contributed by atoms with E-state index in [0.717, 1.165) is 0 Å². The second-order valence-electron chi connectivity index (χ2n) is 7.41. The molecule has 1 saturated heterocycles. The molecule has 11 nitrogen and oxygen atoms in total. The molecule has 12 heteroatoms. The van der Waals surface area contributed by atoms with Gasteiger partial charge in [0.25, 0.3) is 0 Å². The van der Waals surface area contributed by atoms with Crippen molar-refractivity contribution in [1.82, 2.24) is 15.5 Å². The number of primary amides is 1. The van der Waals surface area contributed by atoms with E-state index in [1.54, 1.807) is 6.92 Å². The van der Waals surface area contributed by atoms with Crippen LogP contribution in [0.2, 0.25) is 0 Å². The normalized spacial score (nSPS) is 20.0. The Morgan fingerprint density at radius 1 is 1.20 bits per heavy atom. The van der Waals surface area contributed by atoms with Crippen molar-refractivity contribution in [1.29, 1.82) is 0 Å². The minimum absolute atomic E-state index is 0.115. The summed E-state index contributed by atoms with van der Waals surface area (Å²) in [4.78, 5) is 61.8. The summed E-state index contributed by atoms with van der Waals surface area (Å²) < 4.78 is 0. The Labute approximate surface area is 180 Å². The first-order valence-electron chi connectivity index (χ1n) is 9.82. The number of carboxylic acids is 1. The van der Waals surface area contributed by atoms with Crippen LogP contribution in [0.1, 0.15) is 39.5 Å². The van der Waals surface area contributed by atoms with E-state index >= 15 is 0 Å². The van der Waals surface area contributed by atoms with Crippen LogP contribution in [0.25, 0.3) is 0 Å². The average Bonchev–Trinajstić information content (AvgIpc) is 3.18. The molecule has 1 aliphatic rings. The molecule has 0 aromatic carbocycles. The van der Waals surface area contributed by atoms with E-state index in [9.17, 15) is 24.0 Å². The SMILES string of the molecule is CCC(C)C(N)C(=O)NC(CC(N)=O)C(=O)N1CCCC1C(=O)NC(CS)C(=O)O. The monoisotopic (exact) mass is 445 g/mol. The van der Waals surface area contributed by atoms with Crippen molar-refractivity contribution in [3.8, 4) is 0 Å². The number of aliphatic carboxylic acids is 1. The van der Waals surface area contributed by atoms with Gasteiger partial charge < -0.3 is 32.1 Å². The van der Waals surface area contributed by atoms with Gasteiger partial charge in [-0.15, -0.1) is 0 Å². The van der Waals surface area contributed by atoms with E-state index in [4.69, 9.17) is 16.6 Å². The van der Waals surface area contributed by atoms with E-state index in [0.29, 0.717) is 19.3 Å². The van der Waals surface area contributed by atoms with Crippen LogP contribution in [0, 0.1) is 5.92 Å². The molecule has 0 spiro atoms. The van der Waals surface area contributed by atoms with Gasteiger partial charge in [0.05, 0.1) is 12.5 Å². The molecule has 1 rings (SSSR count). The zero-order chi connectivity index (χ0) is 23.0. The number of nitrogens with two attached hydrogens (primary N) is 2. The van der Waals surface area contributed by atoms with Gasteiger partial charge in [-0.1, -0.05) is 20.3 Å². The largest absolute Gasteiger partial charge is 0.480 e. The van der Waals surface area contributed by atoms with Crippen molar-refractivity contribution in [2.45, 2.75) is 63.7 Å². The van der Waals surface area contributed by atoms with Gasteiger partial charge in [-0.2, -0.15) is 12.6 Å². The summed E-state index contributed by atoms with van der Waals surface area (Å²) in [5.74, 6) is -4.18. The lowest BCUT2D eigenvalue weighted by molar-refractivity contribution is -0.145. The Balaban J connectivity index is 2.96. The Morgan fingerprint density at radius 3 is 2.33 bits per heavy atom. The molecule has 170 valence electrons. The predicted octanol–water partition coefficient (Wildman–Crippen LogP) is -1.79. The third-order valence-electron chi connectivity index (χ3n) is 5.22. The molecule has 5 atom stereocenters. The minimum atomic E-state index is -1.27. The van der Waals surface area contributed by atoms with Gasteiger partial charge >= 0.3 is 5.97 Å². The number of carbonyl (C=O) groups is 5. The van der Waals surface area contributed by atoms with E-state index in [-0.39, 0.29) is 18.2 Å². The first-order valence-corrected chi connectivity index (χ1v) is 10.4. The van der Waals surface area contributed by atoms with Crippen molar-refractivity contribution in [3.05, 3.63) is 0 Å². The highest BCUT2D eigenvalue weighted by molar-refractivity contribution is 7.80. The quantitative estimate of drug-likeness (QED) is 0.203. The highest BCUT2D eigenvalue weighted by Gasteiger charge is 2.39. The number of nitrogens with zero attached hydrogens (tertiary/aromatic N) is 1. The lowest BCUT2D eigenvalue weighted by Gasteiger charge is -2.30. The zero-order valence-corrected chi connectivity index (χ0v) is 18.1. The van der Waals surface area contributed by atoms with Gasteiger partial charge in [0.1, 0.15) is 18.1 Å². The predicted molar refractivity (Wildman–Crippen MR) is 111 cm³/mol. The maximum absolute atomic E-state index is 13.0. The summed E-state index contributed by atoms with van der Waals surface area (Å²) in [5, 5.41) is 13.9. The summed E-state index contributed by atoms with van der Waals surface area (Å²) >= 11 is 3.90. The molecule has 30 heavy (non-hydrogen) atoms. The molecule has 0 radical (unpaired) electrons. The second-order valence-corrected chi connectivity index (χ2v) is 7.78. The first-order chi connectivity index (χ1) is 14.0. The van der Waals surface area contributed by atoms with Crippen molar-refractivity contribution < 1.29 is 29.1 Å². The third kappa shape index (κ3) is 6.87. The standard InChI is InChI=1S/C18H31N5O6S/c1-3-9(2)14(20)16(26)21-10(7-13(19)24)17(27)23-6-4-5-12(23)15(25)22-11(8-30)18(28)29/h9-12,14,30H,3-8,20H2,1-2H3,(H2,19,24)(H,21,26)(H,22,25)(H,28,29). The lowest BCUT2D eigenvalue weighted by atomic mass is 9.99. The molecule has 4 amide bonds. The van der Waals surface area contributed by atoms with Crippen LogP contribution in [0.3, 0.4) is 0 Å². The second kappa shape index (κ2) is 11.7. The summed E-state index contributed by atoms with van der Waals surface area (Å²) in [7, 11) is 0.